The number of benzene rings is 2. The standard InChI is InChI=1S/C20H20ClN5OS/c1-11-4-9-16(10-12(11)2)22-19(27)18-17(14-5-7-15(21)8-6-14)25-26-13(3)23-24-20(26)28-18/h4-10,17-18,25H,1-3H3,(H,22,27)/t17-,18+/m0/s1. The third-order valence-electron chi connectivity index (χ3n) is 4.86. The molecule has 2 atom stereocenters. The monoisotopic (exact) mass is 413 g/mol. The van der Waals surface area contributed by atoms with Crippen LogP contribution < -0.4 is 10.7 Å². The SMILES string of the molecule is Cc1ccc(NC(=O)[C@@H]2Sc3nnc(C)n3N[C@H]2c2ccc(Cl)cc2)cc1C. The predicted molar refractivity (Wildman–Crippen MR) is 113 cm³/mol. The highest BCUT2D eigenvalue weighted by Gasteiger charge is 2.37. The molecule has 28 heavy (non-hydrogen) atoms. The lowest BCUT2D eigenvalue weighted by Crippen LogP contribution is -2.41. The topological polar surface area (TPSA) is 71.8 Å². The first-order valence-corrected chi connectivity index (χ1v) is 10.2. The summed E-state index contributed by atoms with van der Waals surface area (Å²) in [5.41, 5.74) is 7.46. The van der Waals surface area contributed by atoms with Crippen LogP contribution >= 0.6 is 23.4 Å². The maximum absolute atomic E-state index is 13.2. The molecule has 8 heteroatoms. The number of hydrogen-bond donors (Lipinski definition) is 2. The van der Waals surface area contributed by atoms with E-state index in [1.165, 1.54) is 17.3 Å². The molecule has 1 aliphatic rings. The summed E-state index contributed by atoms with van der Waals surface area (Å²) < 4.78 is 1.82. The van der Waals surface area contributed by atoms with E-state index in [1.54, 1.807) is 0 Å². The van der Waals surface area contributed by atoms with Gasteiger partial charge in [-0.1, -0.05) is 41.6 Å². The van der Waals surface area contributed by atoms with Crippen LogP contribution in [0.1, 0.15) is 28.6 Å². The summed E-state index contributed by atoms with van der Waals surface area (Å²) >= 11 is 7.44. The summed E-state index contributed by atoms with van der Waals surface area (Å²) in [4.78, 5) is 13.2. The molecule has 0 fully saturated rings. The van der Waals surface area contributed by atoms with E-state index in [1.807, 2.05) is 67.9 Å². The van der Waals surface area contributed by atoms with Crippen molar-refractivity contribution < 1.29 is 4.79 Å². The summed E-state index contributed by atoms with van der Waals surface area (Å²) in [5.74, 6) is 0.655. The molecule has 0 saturated heterocycles. The van der Waals surface area contributed by atoms with E-state index in [0.29, 0.717) is 10.2 Å². The molecule has 0 spiro atoms. The van der Waals surface area contributed by atoms with Gasteiger partial charge in [-0.3, -0.25) is 4.79 Å². The Bertz CT molecular complexity index is 1030. The van der Waals surface area contributed by atoms with E-state index in [4.69, 9.17) is 11.6 Å². The van der Waals surface area contributed by atoms with Gasteiger partial charge in [-0.05, 0) is 61.7 Å². The molecule has 3 aromatic rings. The average Bonchev–Trinajstić information content (AvgIpc) is 3.04. The average molecular weight is 414 g/mol. The van der Waals surface area contributed by atoms with Crippen molar-refractivity contribution in [3.63, 3.8) is 0 Å². The number of nitrogens with one attached hydrogen (secondary N) is 2. The van der Waals surface area contributed by atoms with Crippen LogP contribution in [0.3, 0.4) is 0 Å². The lowest BCUT2D eigenvalue weighted by atomic mass is 10.0. The highest BCUT2D eigenvalue weighted by molar-refractivity contribution is 8.00. The maximum Gasteiger partial charge on any atom is 0.240 e. The molecular formula is C20H20ClN5OS. The van der Waals surface area contributed by atoms with Crippen molar-refractivity contribution in [1.29, 1.82) is 0 Å². The highest BCUT2D eigenvalue weighted by atomic mass is 35.5. The second kappa shape index (κ2) is 7.48. The number of rotatable bonds is 3. The summed E-state index contributed by atoms with van der Waals surface area (Å²) in [5, 5.41) is 12.2. The first kappa shape index (κ1) is 18.8. The van der Waals surface area contributed by atoms with Crippen molar-refractivity contribution in [2.45, 2.75) is 37.2 Å². The molecular weight excluding hydrogens is 394 g/mol. The van der Waals surface area contributed by atoms with E-state index in [0.717, 1.165) is 22.6 Å². The van der Waals surface area contributed by atoms with Gasteiger partial charge in [0.05, 0.1) is 6.04 Å². The van der Waals surface area contributed by atoms with Crippen molar-refractivity contribution in [2.75, 3.05) is 10.7 Å². The number of fused-ring (bicyclic) bond motifs is 1. The molecule has 4 rings (SSSR count). The van der Waals surface area contributed by atoms with Crippen LogP contribution in [-0.4, -0.2) is 26.0 Å². The number of carbonyl (C=O) groups is 1. The van der Waals surface area contributed by atoms with E-state index in [9.17, 15) is 4.79 Å². The second-order valence-corrected chi connectivity index (χ2v) is 8.40. The lowest BCUT2D eigenvalue weighted by Gasteiger charge is -2.32. The minimum absolute atomic E-state index is 0.0902. The minimum Gasteiger partial charge on any atom is -0.325 e. The van der Waals surface area contributed by atoms with Crippen LogP contribution in [0.5, 0.6) is 0 Å². The Morgan fingerprint density at radius 1 is 1.11 bits per heavy atom. The minimum atomic E-state index is -0.418. The third kappa shape index (κ3) is 3.59. The molecule has 0 bridgehead atoms. The fraction of sp³-hybridized carbons (Fsp3) is 0.250. The molecule has 1 aromatic heterocycles. The van der Waals surface area contributed by atoms with Crippen LogP contribution in [0, 0.1) is 20.8 Å². The highest BCUT2D eigenvalue weighted by Crippen LogP contribution is 2.37. The number of hydrogen-bond acceptors (Lipinski definition) is 5. The van der Waals surface area contributed by atoms with Gasteiger partial charge in [0.1, 0.15) is 11.1 Å². The number of nitrogens with zero attached hydrogens (tertiary/aromatic N) is 3. The molecule has 1 aliphatic heterocycles. The largest absolute Gasteiger partial charge is 0.325 e. The van der Waals surface area contributed by atoms with Crippen molar-refractivity contribution in [3.05, 3.63) is 70.0 Å². The van der Waals surface area contributed by atoms with Crippen molar-refractivity contribution in [3.8, 4) is 0 Å². The maximum atomic E-state index is 13.2. The van der Waals surface area contributed by atoms with Gasteiger partial charge in [0.25, 0.3) is 0 Å². The van der Waals surface area contributed by atoms with E-state index < -0.39 is 5.25 Å². The number of aryl methyl sites for hydroxylation is 3. The molecule has 0 unspecified atom stereocenters. The molecule has 0 aliphatic carbocycles. The van der Waals surface area contributed by atoms with Crippen LogP contribution in [0.4, 0.5) is 5.69 Å². The zero-order chi connectivity index (χ0) is 19.8. The van der Waals surface area contributed by atoms with Gasteiger partial charge in [0, 0.05) is 10.7 Å². The normalized spacial score (nSPS) is 18.3. The molecule has 1 amide bonds. The number of amides is 1. The fourth-order valence-corrected chi connectivity index (χ4v) is 4.36. The van der Waals surface area contributed by atoms with Gasteiger partial charge in [0.15, 0.2) is 0 Å². The molecule has 0 saturated carbocycles. The Hall–Kier alpha value is -2.51. The van der Waals surface area contributed by atoms with E-state index in [-0.39, 0.29) is 11.9 Å². The number of thioether (sulfide) groups is 1. The van der Waals surface area contributed by atoms with Gasteiger partial charge >= 0.3 is 0 Å². The molecule has 2 heterocycles. The third-order valence-corrected chi connectivity index (χ3v) is 6.33. The van der Waals surface area contributed by atoms with Crippen LogP contribution in [0.25, 0.3) is 0 Å². The predicted octanol–water partition coefficient (Wildman–Crippen LogP) is 4.25. The Kier molecular flexibility index (Phi) is 5.03. The van der Waals surface area contributed by atoms with Crippen LogP contribution in [0.15, 0.2) is 47.6 Å². The van der Waals surface area contributed by atoms with Crippen molar-refractivity contribution in [1.82, 2.24) is 14.9 Å². The lowest BCUT2D eigenvalue weighted by molar-refractivity contribution is -0.116. The Morgan fingerprint density at radius 2 is 1.86 bits per heavy atom. The van der Waals surface area contributed by atoms with Crippen LogP contribution in [-0.2, 0) is 4.79 Å². The number of halogens is 1. The number of aromatic nitrogens is 3. The van der Waals surface area contributed by atoms with Crippen molar-refractivity contribution >= 4 is 35.0 Å². The number of carbonyl (C=O) groups excluding carboxylic acids is 1. The smallest absolute Gasteiger partial charge is 0.240 e. The number of anilines is 1. The van der Waals surface area contributed by atoms with Gasteiger partial charge in [0.2, 0.25) is 11.1 Å². The van der Waals surface area contributed by atoms with Gasteiger partial charge in [-0.2, -0.15) is 0 Å². The Labute approximate surface area is 172 Å². The fourth-order valence-electron chi connectivity index (χ4n) is 3.11. The summed E-state index contributed by atoms with van der Waals surface area (Å²) in [7, 11) is 0. The molecule has 0 radical (unpaired) electrons. The molecule has 2 aromatic carbocycles. The van der Waals surface area contributed by atoms with Gasteiger partial charge in [-0.15, -0.1) is 10.2 Å². The molecule has 144 valence electrons. The van der Waals surface area contributed by atoms with E-state index in [2.05, 4.69) is 20.9 Å². The van der Waals surface area contributed by atoms with Gasteiger partial charge < -0.3 is 10.7 Å². The first-order valence-electron chi connectivity index (χ1n) is 8.91. The molecule has 6 nitrogen and oxygen atoms in total. The van der Waals surface area contributed by atoms with E-state index >= 15 is 0 Å². The first-order chi connectivity index (χ1) is 13.4. The summed E-state index contributed by atoms with van der Waals surface area (Å²) in [6.07, 6.45) is 0. The van der Waals surface area contributed by atoms with Crippen LogP contribution in [0.2, 0.25) is 5.02 Å². The Morgan fingerprint density at radius 3 is 2.57 bits per heavy atom. The summed E-state index contributed by atoms with van der Waals surface area (Å²) in [6, 6.07) is 13.2. The van der Waals surface area contributed by atoms with Gasteiger partial charge in [-0.25, -0.2) is 4.68 Å². The second-order valence-electron chi connectivity index (χ2n) is 6.85. The zero-order valence-corrected chi connectivity index (χ0v) is 17.3. The quantitative estimate of drug-likeness (QED) is 0.671. The van der Waals surface area contributed by atoms with Crippen molar-refractivity contribution in [2.24, 2.45) is 0 Å². The molecule has 2 N–H and O–H groups in total. The zero-order valence-electron chi connectivity index (χ0n) is 15.7. The Balaban J connectivity index is 1.65. The summed E-state index contributed by atoms with van der Waals surface area (Å²) in [6.45, 7) is 5.95.